The van der Waals surface area contributed by atoms with Crippen molar-refractivity contribution >= 4 is 48.0 Å². The quantitative estimate of drug-likeness (QED) is 0.490. The van der Waals surface area contributed by atoms with Crippen LogP contribution in [0.2, 0.25) is 0 Å². The van der Waals surface area contributed by atoms with Gasteiger partial charge in [0.1, 0.15) is 0 Å². The molecule has 0 spiro atoms. The second-order valence-electron chi connectivity index (χ2n) is 7.62. The Labute approximate surface area is 197 Å². The molecule has 2 aliphatic carbocycles. The van der Waals surface area contributed by atoms with E-state index < -0.39 is 0 Å². The molecule has 6 atom stereocenters. The van der Waals surface area contributed by atoms with Crippen LogP contribution in [0.1, 0.15) is 13.8 Å². The minimum Gasteiger partial charge on any atom is -0.412 e. The van der Waals surface area contributed by atoms with E-state index in [2.05, 4.69) is 73.3 Å². The molecule has 4 N–H and O–H groups in total. The Morgan fingerprint density at radius 3 is 1.48 bits per heavy atom. The van der Waals surface area contributed by atoms with Crippen LogP contribution in [0.5, 0.6) is 0 Å². The van der Waals surface area contributed by atoms with Gasteiger partial charge in [-0.2, -0.15) is 0 Å². The van der Waals surface area contributed by atoms with Crippen LogP contribution in [0.3, 0.4) is 0 Å². The summed E-state index contributed by atoms with van der Waals surface area (Å²) in [5, 5.41) is 8.32. The van der Waals surface area contributed by atoms with E-state index >= 15 is 0 Å². The van der Waals surface area contributed by atoms with Crippen LogP contribution in [-0.4, -0.2) is 18.6 Å². The van der Waals surface area contributed by atoms with Crippen LogP contribution in [0.4, 0.5) is 0 Å². The second kappa shape index (κ2) is 13.5. The molecule has 2 heterocycles. The van der Waals surface area contributed by atoms with Gasteiger partial charge in [-0.1, -0.05) is 73.5 Å². The Morgan fingerprint density at radius 1 is 0.724 bits per heavy atom. The molecule has 7 heteroatoms. The first kappa shape index (κ1) is 28.2. The molecule has 3 nitrogen and oxygen atoms in total. The molecule has 0 fully saturated rings. The van der Waals surface area contributed by atoms with Crippen molar-refractivity contribution in [2.45, 2.75) is 13.8 Å². The molecular weight excluding hydrogens is 450 g/mol. The second-order valence-corrected chi connectivity index (χ2v) is 8.49. The zero-order valence-electron chi connectivity index (χ0n) is 16.7. The predicted octanol–water partition coefficient (Wildman–Crippen LogP) is 5.35. The lowest BCUT2D eigenvalue weighted by Gasteiger charge is -2.25. The van der Waals surface area contributed by atoms with Gasteiger partial charge in [-0.3, -0.25) is 0 Å². The molecule has 0 bridgehead atoms. The van der Waals surface area contributed by atoms with Crippen molar-refractivity contribution in [3.8, 4) is 0 Å². The van der Waals surface area contributed by atoms with Gasteiger partial charge in [0.15, 0.2) is 0 Å². The van der Waals surface area contributed by atoms with Gasteiger partial charge in [0.25, 0.3) is 0 Å². The van der Waals surface area contributed by atoms with E-state index in [0.29, 0.717) is 35.5 Å². The van der Waals surface area contributed by atoms with Crippen molar-refractivity contribution in [2.24, 2.45) is 35.5 Å². The first-order valence-electron chi connectivity index (χ1n) is 9.45. The van der Waals surface area contributed by atoms with Crippen LogP contribution in [0.25, 0.3) is 0 Å². The van der Waals surface area contributed by atoms with Gasteiger partial charge in [-0.05, 0) is 48.2 Å². The van der Waals surface area contributed by atoms with Gasteiger partial charge >= 0.3 is 0 Å². The van der Waals surface area contributed by atoms with E-state index in [1.807, 2.05) is 12.2 Å². The highest BCUT2D eigenvalue weighted by Crippen LogP contribution is 2.33. The van der Waals surface area contributed by atoms with Gasteiger partial charge in [-0.25, -0.2) is 0 Å². The van der Waals surface area contributed by atoms with E-state index in [-0.39, 0.29) is 30.3 Å². The first-order chi connectivity index (χ1) is 12.5. The normalized spacial score (nSPS) is 33.5. The molecule has 0 amide bonds. The smallest absolute Gasteiger partial charge is 0.0366 e. The maximum absolute atomic E-state index is 5.98. The number of hydrogen-bond donors (Lipinski definition) is 2. The fourth-order valence-corrected chi connectivity index (χ4v) is 4.41. The van der Waals surface area contributed by atoms with Crippen molar-refractivity contribution in [3.63, 3.8) is 0 Å². The molecule has 0 saturated carbocycles. The maximum atomic E-state index is 5.98. The maximum Gasteiger partial charge on any atom is 0.0366 e. The van der Waals surface area contributed by atoms with E-state index in [9.17, 15) is 0 Å². The summed E-state index contributed by atoms with van der Waals surface area (Å²) in [5.41, 5.74) is 0. The number of fused-ring (bicyclic) bond motifs is 2. The third-order valence-electron chi connectivity index (χ3n) is 5.61. The number of allylic oxidation sites excluding steroid dienone is 10. The third-order valence-corrected chi connectivity index (χ3v) is 6.12. The van der Waals surface area contributed by atoms with Crippen molar-refractivity contribution in [3.05, 3.63) is 71.1 Å². The monoisotopic (exact) mass is 480 g/mol. The molecule has 0 radical (unpaired) electrons. The average Bonchev–Trinajstić information content (AvgIpc) is 2.92. The van der Waals surface area contributed by atoms with Gasteiger partial charge in [0, 0.05) is 35.0 Å². The highest BCUT2D eigenvalue weighted by atomic mass is 35.5. The van der Waals surface area contributed by atoms with E-state index in [1.165, 1.54) is 0 Å². The predicted molar refractivity (Wildman–Crippen MR) is 131 cm³/mol. The molecule has 4 aliphatic rings. The molecule has 0 aromatic carbocycles. The Bertz CT molecular complexity index is 626. The third kappa shape index (κ3) is 7.73. The summed E-state index contributed by atoms with van der Waals surface area (Å²) in [6, 6.07) is 0. The minimum absolute atomic E-state index is 0. The molecule has 0 aromatic rings. The summed E-state index contributed by atoms with van der Waals surface area (Å²) in [5.74, 6) is 3.44. The number of nitrogens with one attached hydrogen (secondary N) is 2. The summed E-state index contributed by atoms with van der Waals surface area (Å²) < 4.78 is 0. The lowest BCUT2D eigenvalue weighted by Crippen LogP contribution is -2.23. The van der Waals surface area contributed by atoms with Crippen LogP contribution >= 0.6 is 48.0 Å². The summed E-state index contributed by atoms with van der Waals surface area (Å²) >= 11 is 12.0. The van der Waals surface area contributed by atoms with E-state index in [4.69, 9.17) is 23.2 Å². The zero-order valence-corrected chi connectivity index (χ0v) is 19.9. The molecular formula is C22H32Cl4N2O. The lowest BCUT2D eigenvalue weighted by atomic mass is 9.80. The number of rotatable bonds is 0. The van der Waals surface area contributed by atoms with Crippen molar-refractivity contribution < 1.29 is 5.48 Å². The van der Waals surface area contributed by atoms with Gasteiger partial charge in [0.05, 0.1) is 0 Å². The minimum atomic E-state index is 0. The standard InChI is InChI=1S/2C11H14ClN.2ClH.H2O/c2*1-8-7-13-5-4-9-2-3-10(12)6-11(8)9;;;/h2*2-6,8-9,11,13H,7H2,1H3;2*1H;1H2/t2*8-,9?,11?;;;/m00.../s1. The lowest BCUT2D eigenvalue weighted by molar-refractivity contribution is 0.383. The Kier molecular flexibility index (Phi) is 13.1. The fourth-order valence-electron chi connectivity index (χ4n) is 3.97. The van der Waals surface area contributed by atoms with Crippen LogP contribution in [0, 0.1) is 35.5 Å². The van der Waals surface area contributed by atoms with Gasteiger partial charge < -0.3 is 16.1 Å². The van der Waals surface area contributed by atoms with Crippen molar-refractivity contribution in [2.75, 3.05) is 13.1 Å². The first-order valence-corrected chi connectivity index (χ1v) is 10.2. The molecule has 0 aromatic heterocycles. The van der Waals surface area contributed by atoms with Gasteiger partial charge in [-0.15, -0.1) is 24.8 Å². The topological polar surface area (TPSA) is 55.6 Å². The number of hydrogen-bond acceptors (Lipinski definition) is 2. The highest BCUT2D eigenvalue weighted by molar-refractivity contribution is 6.31. The summed E-state index contributed by atoms with van der Waals surface area (Å²) in [6.07, 6.45) is 21.2. The summed E-state index contributed by atoms with van der Waals surface area (Å²) in [7, 11) is 0. The van der Waals surface area contributed by atoms with Crippen LogP contribution < -0.4 is 10.6 Å². The fraction of sp³-hybridized carbons (Fsp3) is 0.455. The molecule has 2 aliphatic heterocycles. The van der Waals surface area contributed by atoms with Crippen molar-refractivity contribution in [1.29, 1.82) is 0 Å². The SMILES string of the molecule is C[C@H]1CNC=CC2C=CC(Cl)=CC21.C[C@H]1CNC=CC2C=CC(Cl)=CC21.Cl.Cl.O. The van der Waals surface area contributed by atoms with Crippen LogP contribution in [-0.2, 0) is 0 Å². The van der Waals surface area contributed by atoms with Crippen molar-refractivity contribution in [1.82, 2.24) is 10.6 Å². The Morgan fingerprint density at radius 2 is 1.10 bits per heavy atom. The Balaban J connectivity index is 0.000000490. The van der Waals surface area contributed by atoms with E-state index in [0.717, 1.165) is 23.2 Å². The zero-order chi connectivity index (χ0) is 18.5. The van der Waals surface area contributed by atoms with Gasteiger partial charge in [0.2, 0.25) is 0 Å². The van der Waals surface area contributed by atoms with E-state index in [1.54, 1.807) is 0 Å². The number of halogens is 4. The average molecular weight is 482 g/mol. The Hall–Kier alpha value is -0.840. The van der Waals surface area contributed by atoms with Crippen LogP contribution in [0.15, 0.2) is 71.1 Å². The summed E-state index contributed by atoms with van der Waals surface area (Å²) in [4.78, 5) is 0. The largest absolute Gasteiger partial charge is 0.412 e. The summed E-state index contributed by atoms with van der Waals surface area (Å²) in [6.45, 7) is 6.59. The molecule has 4 rings (SSSR count). The molecule has 164 valence electrons. The molecule has 0 saturated heterocycles. The molecule has 4 unspecified atom stereocenters. The molecule has 29 heavy (non-hydrogen) atoms. The highest BCUT2D eigenvalue weighted by Gasteiger charge is 2.26.